The Bertz CT molecular complexity index is 774. The fourth-order valence-corrected chi connectivity index (χ4v) is 2.73. The van der Waals surface area contributed by atoms with Gasteiger partial charge in [0.2, 0.25) is 0 Å². The van der Waals surface area contributed by atoms with Crippen LogP contribution in [0.1, 0.15) is 30.3 Å². The Labute approximate surface area is 124 Å². The number of phenols is 1. The number of fused-ring (bicyclic) bond motifs is 1. The van der Waals surface area contributed by atoms with Crippen LogP contribution >= 0.6 is 0 Å². The van der Waals surface area contributed by atoms with Crippen molar-refractivity contribution >= 4 is 11.0 Å². The van der Waals surface area contributed by atoms with Crippen molar-refractivity contribution < 1.29 is 5.11 Å². The van der Waals surface area contributed by atoms with Crippen molar-refractivity contribution in [3.8, 4) is 5.75 Å². The fraction of sp³-hybridized carbons (Fsp3) is 0.278. The van der Waals surface area contributed by atoms with Crippen LogP contribution in [0, 0.1) is 6.92 Å². The summed E-state index contributed by atoms with van der Waals surface area (Å²) < 4.78 is 2.27. The zero-order valence-electron chi connectivity index (χ0n) is 12.5. The summed E-state index contributed by atoms with van der Waals surface area (Å²) in [4.78, 5) is 4.78. The Kier molecular flexibility index (Phi) is 3.65. The first-order valence-electron chi connectivity index (χ1n) is 7.41. The Morgan fingerprint density at radius 1 is 1.14 bits per heavy atom. The highest BCUT2D eigenvalue weighted by Crippen LogP contribution is 2.23. The van der Waals surface area contributed by atoms with Crippen molar-refractivity contribution in [1.82, 2.24) is 9.55 Å². The van der Waals surface area contributed by atoms with E-state index in [-0.39, 0.29) is 0 Å². The van der Waals surface area contributed by atoms with Gasteiger partial charge in [-0.15, -0.1) is 0 Å². The van der Waals surface area contributed by atoms with E-state index in [4.69, 9.17) is 4.98 Å². The SMILES string of the molecule is CCCn1c(Cc2ccccc2O)nc2cc(C)ccc21. The van der Waals surface area contributed by atoms with Gasteiger partial charge < -0.3 is 9.67 Å². The lowest BCUT2D eigenvalue weighted by atomic mass is 10.1. The highest BCUT2D eigenvalue weighted by molar-refractivity contribution is 5.77. The third-order valence-corrected chi connectivity index (χ3v) is 3.77. The van der Waals surface area contributed by atoms with Crippen LogP contribution < -0.4 is 0 Å². The Morgan fingerprint density at radius 3 is 2.71 bits per heavy atom. The number of aromatic hydroxyl groups is 1. The molecular weight excluding hydrogens is 260 g/mol. The van der Waals surface area contributed by atoms with Gasteiger partial charge in [0.25, 0.3) is 0 Å². The number of aromatic nitrogens is 2. The molecule has 0 bridgehead atoms. The zero-order chi connectivity index (χ0) is 14.8. The molecule has 3 aromatic rings. The predicted octanol–water partition coefficient (Wildman–Crippen LogP) is 4.05. The summed E-state index contributed by atoms with van der Waals surface area (Å²) >= 11 is 0. The van der Waals surface area contributed by atoms with Gasteiger partial charge in [0.15, 0.2) is 0 Å². The molecule has 0 radical (unpaired) electrons. The third kappa shape index (κ3) is 2.64. The predicted molar refractivity (Wildman–Crippen MR) is 85.7 cm³/mol. The van der Waals surface area contributed by atoms with Crippen LogP contribution in [0.5, 0.6) is 5.75 Å². The first kappa shape index (κ1) is 13.7. The quantitative estimate of drug-likeness (QED) is 0.783. The number of para-hydroxylation sites is 1. The van der Waals surface area contributed by atoms with Gasteiger partial charge >= 0.3 is 0 Å². The Hall–Kier alpha value is -2.29. The van der Waals surface area contributed by atoms with E-state index >= 15 is 0 Å². The summed E-state index contributed by atoms with van der Waals surface area (Å²) in [5.41, 5.74) is 4.35. The second-order valence-corrected chi connectivity index (χ2v) is 5.48. The highest BCUT2D eigenvalue weighted by Gasteiger charge is 2.12. The van der Waals surface area contributed by atoms with Crippen LogP contribution in [-0.4, -0.2) is 14.7 Å². The molecule has 1 aromatic heterocycles. The van der Waals surface area contributed by atoms with Gasteiger partial charge in [0.05, 0.1) is 11.0 Å². The van der Waals surface area contributed by atoms with Crippen molar-refractivity contribution in [1.29, 1.82) is 0 Å². The molecule has 2 aromatic carbocycles. The van der Waals surface area contributed by atoms with Gasteiger partial charge in [-0.3, -0.25) is 0 Å². The number of benzene rings is 2. The summed E-state index contributed by atoms with van der Waals surface area (Å²) in [6.07, 6.45) is 1.72. The topological polar surface area (TPSA) is 38.0 Å². The number of hydrogen-bond acceptors (Lipinski definition) is 2. The monoisotopic (exact) mass is 280 g/mol. The molecule has 0 atom stereocenters. The van der Waals surface area contributed by atoms with E-state index in [9.17, 15) is 5.11 Å². The molecule has 0 aliphatic rings. The van der Waals surface area contributed by atoms with Crippen molar-refractivity contribution in [2.75, 3.05) is 0 Å². The second-order valence-electron chi connectivity index (χ2n) is 5.48. The number of hydrogen-bond donors (Lipinski definition) is 1. The number of aryl methyl sites for hydroxylation is 2. The first-order chi connectivity index (χ1) is 10.2. The minimum absolute atomic E-state index is 0.337. The van der Waals surface area contributed by atoms with Crippen LogP contribution in [0.15, 0.2) is 42.5 Å². The molecule has 0 saturated heterocycles. The summed E-state index contributed by atoms with van der Waals surface area (Å²) in [5, 5.41) is 9.97. The molecular formula is C18H20N2O. The van der Waals surface area contributed by atoms with Gasteiger partial charge in [0, 0.05) is 18.5 Å². The lowest BCUT2D eigenvalue weighted by Crippen LogP contribution is -2.04. The summed E-state index contributed by atoms with van der Waals surface area (Å²) in [6.45, 7) is 5.20. The van der Waals surface area contributed by atoms with Gasteiger partial charge in [-0.25, -0.2) is 4.98 Å². The van der Waals surface area contributed by atoms with Crippen LogP contribution in [0.25, 0.3) is 11.0 Å². The molecule has 21 heavy (non-hydrogen) atoms. The molecule has 3 heteroatoms. The first-order valence-corrected chi connectivity index (χ1v) is 7.41. The third-order valence-electron chi connectivity index (χ3n) is 3.77. The smallest absolute Gasteiger partial charge is 0.119 e. The normalized spacial score (nSPS) is 11.1. The number of imidazole rings is 1. The summed E-state index contributed by atoms with van der Waals surface area (Å²) in [7, 11) is 0. The van der Waals surface area contributed by atoms with Crippen molar-refractivity contribution in [3.05, 3.63) is 59.4 Å². The number of nitrogens with zero attached hydrogens (tertiary/aromatic N) is 2. The van der Waals surface area contributed by atoms with Gasteiger partial charge in [-0.05, 0) is 37.1 Å². The molecule has 0 fully saturated rings. The van der Waals surface area contributed by atoms with Crippen LogP contribution in [0.2, 0.25) is 0 Å². The van der Waals surface area contributed by atoms with E-state index in [1.807, 2.05) is 18.2 Å². The molecule has 3 rings (SSSR count). The standard InChI is InChI=1S/C18H20N2O/c1-3-10-20-16-9-8-13(2)11-15(16)19-18(20)12-14-6-4-5-7-17(14)21/h4-9,11,21H,3,10,12H2,1-2H3. The fourth-order valence-electron chi connectivity index (χ4n) is 2.73. The largest absolute Gasteiger partial charge is 0.508 e. The van der Waals surface area contributed by atoms with E-state index < -0.39 is 0 Å². The van der Waals surface area contributed by atoms with E-state index in [2.05, 4.69) is 36.6 Å². The highest BCUT2D eigenvalue weighted by atomic mass is 16.3. The van der Waals surface area contributed by atoms with E-state index in [0.29, 0.717) is 12.2 Å². The molecule has 0 spiro atoms. The molecule has 0 aliphatic heterocycles. The van der Waals surface area contributed by atoms with E-state index in [1.54, 1.807) is 6.07 Å². The summed E-state index contributed by atoms with van der Waals surface area (Å²) in [6, 6.07) is 13.9. The molecule has 0 saturated carbocycles. The average Bonchev–Trinajstić information content (AvgIpc) is 2.79. The number of rotatable bonds is 4. The lowest BCUT2D eigenvalue weighted by molar-refractivity contribution is 0.468. The maximum atomic E-state index is 9.97. The average molecular weight is 280 g/mol. The molecule has 1 N–H and O–H groups in total. The summed E-state index contributed by atoms with van der Waals surface area (Å²) in [5.74, 6) is 1.35. The van der Waals surface area contributed by atoms with Gasteiger partial charge in [-0.1, -0.05) is 31.2 Å². The lowest BCUT2D eigenvalue weighted by Gasteiger charge is -2.08. The van der Waals surface area contributed by atoms with Crippen LogP contribution in [0.4, 0.5) is 0 Å². The Morgan fingerprint density at radius 2 is 1.95 bits per heavy atom. The second kappa shape index (κ2) is 5.60. The van der Waals surface area contributed by atoms with Crippen LogP contribution in [0.3, 0.4) is 0 Å². The van der Waals surface area contributed by atoms with Crippen molar-refractivity contribution in [2.45, 2.75) is 33.2 Å². The van der Waals surface area contributed by atoms with Gasteiger partial charge in [0.1, 0.15) is 11.6 Å². The van der Waals surface area contributed by atoms with Crippen molar-refractivity contribution in [3.63, 3.8) is 0 Å². The number of phenolic OH excluding ortho intramolecular Hbond substituents is 1. The van der Waals surface area contributed by atoms with E-state index in [1.165, 1.54) is 11.1 Å². The molecule has 0 unspecified atom stereocenters. The van der Waals surface area contributed by atoms with Crippen LogP contribution in [-0.2, 0) is 13.0 Å². The minimum Gasteiger partial charge on any atom is -0.508 e. The van der Waals surface area contributed by atoms with E-state index in [0.717, 1.165) is 29.9 Å². The van der Waals surface area contributed by atoms with Crippen molar-refractivity contribution in [2.24, 2.45) is 0 Å². The maximum Gasteiger partial charge on any atom is 0.119 e. The molecule has 0 aliphatic carbocycles. The molecule has 108 valence electrons. The Balaban J connectivity index is 2.08. The maximum absolute atomic E-state index is 9.97. The molecule has 0 amide bonds. The minimum atomic E-state index is 0.337. The zero-order valence-corrected chi connectivity index (χ0v) is 12.5. The molecule has 1 heterocycles. The molecule has 3 nitrogen and oxygen atoms in total. The van der Waals surface area contributed by atoms with Gasteiger partial charge in [-0.2, -0.15) is 0 Å².